The fraction of sp³-hybridized carbons (Fsp3) is 0.588. The maximum Gasteiger partial charge on any atom is 0.244 e. The molecule has 1 fully saturated rings. The standard InChI is InChI=1S/C17H26ClN3O3S/c1-13(22)20(4)11-14-9-10-21(12-16(14)19(2)3)25(23,24)17-8-6-5-7-15(17)18/h5-8,14,16H,9-12H2,1-4H3/t14-,16-/m1/s1. The van der Waals surface area contributed by atoms with E-state index in [1.807, 2.05) is 19.0 Å². The van der Waals surface area contributed by atoms with E-state index in [2.05, 4.69) is 0 Å². The second-order valence-electron chi connectivity index (χ2n) is 6.77. The molecule has 6 nitrogen and oxygen atoms in total. The minimum absolute atomic E-state index is 0.0172. The van der Waals surface area contributed by atoms with Crippen LogP contribution in [0.4, 0.5) is 0 Å². The monoisotopic (exact) mass is 387 g/mol. The second kappa shape index (κ2) is 8.03. The molecule has 1 aliphatic heterocycles. The zero-order valence-corrected chi connectivity index (χ0v) is 16.7. The van der Waals surface area contributed by atoms with Crippen molar-refractivity contribution in [2.45, 2.75) is 24.3 Å². The predicted molar refractivity (Wildman–Crippen MR) is 99.1 cm³/mol. The van der Waals surface area contributed by atoms with E-state index in [9.17, 15) is 13.2 Å². The number of rotatable bonds is 5. The smallest absolute Gasteiger partial charge is 0.244 e. The van der Waals surface area contributed by atoms with Crippen LogP contribution in [0.2, 0.25) is 5.02 Å². The first-order valence-electron chi connectivity index (χ1n) is 8.27. The average Bonchev–Trinajstić information content (AvgIpc) is 2.54. The van der Waals surface area contributed by atoms with Gasteiger partial charge in [-0.05, 0) is 38.6 Å². The van der Waals surface area contributed by atoms with Gasteiger partial charge in [0.25, 0.3) is 0 Å². The summed E-state index contributed by atoms with van der Waals surface area (Å²) >= 11 is 6.10. The summed E-state index contributed by atoms with van der Waals surface area (Å²) in [5, 5.41) is 0.238. The van der Waals surface area contributed by atoms with Crippen LogP contribution in [0.5, 0.6) is 0 Å². The number of carbonyl (C=O) groups is 1. The van der Waals surface area contributed by atoms with Gasteiger partial charge in [0, 0.05) is 39.6 Å². The van der Waals surface area contributed by atoms with Crippen molar-refractivity contribution in [1.29, 1.82) is 0 Å². The molecular weight excluding hydrogens is 362 g/mol. The molecule has 2 atom stereocenters. The first kappa shape index (κ1) is 20.2. The van der Waals surface area contributed by atoms with Gasteiger partial charge in [-0.25, -0.2) is 8.42 Å². The van der Waals surface area contributed by atoms with E-state index >= 15 is 0 Å². The molecule has 25 heavy (non-hydrogen) atoms. The van der Waals surface area contributed by atoms with Gasteiger partial charge in [0.2, 0.25) is 15.9 Å². The van der Waals surface area contributed by atoms with E-state index in [-0.39, 0.29) is 27.8 Å². The van der Waals surface area contributed by atoms with Crippen molar-refractivity contribution in [3.63, 3.8) is 0 Å². The molecule has 0 spiro atoms. The van der Waals surface area contributed by atoms with Gasteiger partial charge in [0.05, 0.1) is 5.02 Å². The molecule has 0 aromatic heterocycles. The normalized spacial score (nSPS) is 22.2. The molecule has 0 unspecified atom stereocenters. The van der Waals surface area contributed by atoms with Crippen molar-refractivity contribution in [1.82, 2.24) is 14.1 Å². The van der Waals surface area contributed by atoms with Gasteiger partial charge in [-0.15, -0.1) is 0 Å². The Hall–Kier alpha value is -1.15. The number of halogens is 1. The van der Waals surface area contributed by atoms with E-state index in [4.69, 9.17) is 11.6 Å². The van der Waals surface area contributed by atoms with Gasteiger partial charge in [-0.3, -0.25) is 4.79 Å². The Morgan fingerprint density at radius 3 is 2.48 bits per heavy atom. The Kier molecular flexibility index (Phi) is 6.48. The van der Waals surface area contributed by atoms with Crippen LogP contribution in [0.1, 0.15) is 13.3 Å². The van der Waals surface area contributed by atoms with Crippen molar-refractivity contribution >= 4 is 27.5 Å². The molecule has 140 valence electrons. The average molecular weight is 388 g/mol. The van der Waals surface area contributed by atoms with Crippen LogP contribution in [-0.4, -0.2) is 75.2 Å². The van der Waals surface area contributed by atoms with Crippen LogP contribution < -0.4 is 0 Å². The van der Waals surface area contributed by atoms with Gasteiger partial charge in [-0.1, -0.05) is 23.7 Å². The van der Waals surface area contributed by atoms with Gasteiger partial charge >= 0.3 is 0 Å². The Balaban J connectivity index is 2.21. The molecular formula is C17H26ClN3O3S. The van der Waals surface area contributed by atoms with Crippen LogP contribution in [0.3, 0.4) is 0 Å². The maximum absolute atomic E-state index is 13.0. The number of benzene rings is 1. The molecule has 1 heterocycles. The molecule has 0 saturated carbocycles. The first-order valence-corrected chi connectivity index (χ1v) is 10.1. The minimum atomic E-state index is -3.63. The van der Waals surface area contributed by atoms with E-state index in [0.717, 1.165) is 0 Å². The molecule has 1 aliphatic rings. The summed E-state index contributed by atoms with van der Waals surface area (Å²) in [4.78, 5) is 15.4. The lowest BCUT2D eigenvalue weighted by Crippen LogP contribution is -2.54. The maximum atomic E-state index is 13.0. The SMILES string of the molecule is CC(=O)N(C)C[C@H]1CCN(S(=O)(=O)c2ccccc2Cl)C[C@H]1N(C)C. The molecule has 1 aromatic carbocycles. The summed E-state index contributed by atoms with van der Waals surface area (Å²) in [5.41, 5.74) is 0. The Labute approximate surface area is 155 Å². The number of nitrogens with zero attached hydrogens (tertiary/aromatic N) is 3. The number of hydrogen-bond donors (Lipinski definition) is 0. The Morgan fingerprint density at radius 2 is 1.92 bits per heavy atom. The summed E-state index contributed by atoms with van der Waals surface area (Å²) in [7, 11) is 2.03. The summed E-state index contributed by atoms with van der Waals surface area (Å²) < 4.78 is 27.4. The lowest BCUT2D eigenvalue weighted by Gasteiger charge is -2.42. The third-order valence-electron chi connectivity index (χ3n) is 4.85. The molecule has 1 saturated heterocycles. The van der Waals surface area contributed by atoms with Crippen molar-refractivity contribution in [3.8, 4) is 0 Å². The van der Waals surface area contributed by atoms with Gasteiger partial charge in [0.1, 0.15) is 4.90 Å². The summed E-state index contributed by atoms with van der Waals surface area (Å²) in [6.45, 7) is 2.98. The molecule has 1 amide bonds. The van der Waals surface area contributed by atoms with E-state index in [0.29, 0.717) is 26.1 Å². The third-order valence-corrected chi connectivity index (χ3v) is 7.21. The molecule has 0 radical (unpaired) electrons. The van der Waals surface area contributed by atoms with E-state index in [1.165, 1.54) is 10.4 Å². The summed E-state index contributed by atoms with van der Waals surface area (Å²) in [5.74, 6) is 0.241. The highest BCUT2D eigenvalue weighted by Gasteiger charge is 2.37. The highest BCUT2D eigenvalue weighted by Crippen LogP contribution is 2.29. The quantitative estimate of drug-likeness (QED) is 0.772. The van der Waals surface area contributed by atoms with Crippen LogP contribution in [0.15, 0.2) is 29.2 Å². The predicted octanol–water partition coefficient (Wildman–Crippen LogP) is 1.76. The Bertz CT molecular complexity index is 724. The van der Waals surface area contributed by atoms with Crippen LogP contribution in [-0.2, 0) is 14.8 Å². The van der Waals surface area contributed by atoms with E-state index in [1.54, 1.807) is 37.1 Å². The lowest BCUT2D eigenvalue weighted by molar-refractivity contribution is -0.128. The highest BCUT2D eigenvalue weighted by molar-refractivity contribution is 7.89. The van der Waals surface area contributed by atoms with Crippen molar-refractivity contribution in [2.24, 2.45) is 5.92 Å². The topological polar surface area (TPSA) is 60.9 Å². The molecule has 0 bridgehead atoms. The number of piperidine rings is 1. The molecule has 8 heteroatoms. The minimum Gasteiger partial charge on any atom is -0.346 e. The van der Waals surface area contributed by atoms with E-state index < -0.39 is 10.0 Å². The molecule has 0 N–H and O–H groups in total. The number of likely N-dealkylation sites (N-methyl/N-ethyl adjacent to an activating group) is 1. The van der Waals surface area contributed by atoms with Crippen molar-refractivity contribution in [3.05, 3.63) is 29.3 Å². The number of carbonyl (C=O) groups excluding carboxylic acids is 1. The van der Waals surface area contributed by atoms with Crippen LogP contribution in [0, 0.1) is 5.92 Å². The number of hydrogen-bond acceptors (Lipinski definition) is 4. The lowest BCUT2D eigenvalue weighted by atomic mass is 9.91. The zero-order chi connectivity index (χ0) is 18.8. The van der Waals surface area contributed by atoms with Gasteiger partial charge in [-0.2, -0.15) is 4.31 Å². The van der Waals surface area contributed by atoms with Crippen LogP contribution in [0.25, 0.3) is 0 Å². The summed E-state index contributed by atoms with van der Waals surface area (Å²) in [6, 6.07) is 6.56. The van der Waals surface area contributed by atoms with Crippen LogP contribution >= 0.6 is 11.6 Å². The second-order valence-corrected chi connectivity index (χ2v) is 9.09. The third kappa shape index (κ3) is 4.53. The van der Waals surface area contributed by atoms with Crippen molar-refractivity contribution in [2.75, 3.05) is 40.8 Å². The zero-order valence-electron chi connectivity index (χ0n) is 15.1. The van der Waals surface area contributed by atoms with Gasteiger partial charge < -0.3 is 9.80 Å². The number of amides is 1. The Morgan fingerprint density at radius 1 is 1.28 bits per heavy atom. The fourth-order valence-corrected chi connectivity index (χ4v) is 5.21. The first-order chi connectivity index (χ1) is 11.6. The summed E-state index contributed by atoms with van der Waals surface area (Å²) in [6.07, 6.45) is 0.699. The highest BCUT2D eigenvalue weighted by atomic mass is 35.5. The molecule has 1 aromatic rings. The largest absolute Gasteiger partial charge is 0.346 e. The molecule has 2 rings (SSSR count). The van der Waals surface area contributed by atoms with Crippen molar-refractivity contribution < 1.29 is 13.2 Å². The number of sulfonamides is 1. The fourth-order valence-electron chi connectivity index (χ4n) is 3.24. The molecule has 0 aliphatic carbocycles. The van der Waals surface area contributed by atoms with Gasteiger partial charge in [0.15, 0.2) is 0 Å².